The second-order valence-electron chi connectivity index (χ2n) is 12.6. The standard InChI is InChI=1S/C32H44FN5O3S/c1-22(2)36(3)32(39)28-18-25(33)9-12-30(28)38-21-29(27-13-15-34-19-31(27)38)24-6-5-16-37(17-14-24)20-23-7-10-26(11-8-23)35-42(4,40)41/h9,12-13,15,18-19,21-24,26,35H,5-8,10-11,14,16-17,20H2,1-4H3/t23-,24?,26-. The topological polar surface area (TPSA) is 87.5 Å². The van der Waals surface area contributed by atoms with Crippen molar-refractivity contribution in [2.24, 2.45) is 5.92 Å². The molecule has 1 saturated carbocycles. The minimum atomic E-state index is -3.16. The first-order valence-corrected chi connectivity index (χ1v) is 17.1. The van der Waals surface area contributed by atoms with Crippen molar-refractivity contribution < 1.29 is 17.6 Å². The summed E-state index contributed by atoms with van der Waals surface area (Å²) in [6.45, 7) is 7.04. The van der Waals surface area contributed by atoms with Crippen molar-refractivity contribution in [1.82, 2.24) is 24.1 Å². The Kier molecular flexibility index (Phi) is 9.34. The predicted molar refractivity (Wildman–Crippen MR) is 165 cm³/mol. The molecular formula is C32H44FN5O3S. The van der Waals surface area contributed by atoms with E-state index in [2.05, 4.69) is 26.9 Å². The number of aromatic nitrogens is 2. The number of benzene rings is 1. The van der Waals surface area contributed by atoms with Gasteiger partial charge >= 0.3 is 0 Å². The smallest absolute Gasteiger partial charge is 0.256 e. The van der Waals surface area contributed by atoms with Gasteiger partial charge in [-0.25, -0.2) is 17.5 Å². The zero-order valence-electron chi connectivity index (χ0n) is 25.2. The summed E-state index contributed by atoms with van der Waals surface area (Å²) in [5, 5.41) is 1.13. The molecule has 1 aliphatic heterocycles. The molecule has 10 heteroatoms. The number of hydrogen-bond donors (Lipinski definition) is 1. The van der Waals surface area contributed by atoms with Crippen molar-refractivity contribution in [3.63, 3.8) is 0 Å². The van der Waals surface area contributed by atoms with Gasteiger partial charge in [-0.15, -0.1) is 0 Å². The van der Waals surface area contributed by atoms with Crippen LogP contribution in [0.25, 0.3) is 16.6 Å². The fourth-order valence-corrected chi connectivity index (χ4v) is 7.56. The van der Waals surface area contributed by atoms with Crippen LogP contribution in [-0.2, 0) is 10.0 Å². The Morgan fingerprint density at radius 3 is 2.60 bits per heavy atom. The summed E-state index contributed by atoms with van der Waals surface area (Å²) in [7, 11) is -1.41. The number of carbonyl (C=O) groups excluding carboxylic acids is 1. The van der Waals surface area contributed by atoms with Gasteiger partial charge in [-0.3, -0.25) is 9.78 Å². The van der Waals surface area contributed by atoms with E-state index in [9.17, 15) is 17.6 Å². The normalized spacial score (nSPS) is 22.4. The van der Waals surface area contributed by atoms with Crippen LogP contribution in [0.4, 0.5) is 4.39 Å². The van der Waals surface area contributed by atoms with Crippen molar-refractivity contribution in [2.45, 2.75) is 76.8 Å². The molecule has 1 amide bonds. The second kappa shape index (κ2) is 12.8. The molecule has 3 heterocycles. The Bertz CT molecular complexity index is 1510. The molecule has 1 N–H and O–H groups in total. The van der Waals surface area contributed by atoms with Gasteiger partial charge in [0, 0.05) is 43.5 Å². The minimum absolute atomic E-state index is 0.0135. The number of fused-ring (bicyclic) bond motifs is 1. The third kappa shape index (κ3) is 7.03. The zero-order valence-corrected chi connectivity index (χ0v) is 26.0. The van der Waals surface area contributed by atoms with Gasteiger partial charge in [-0.05, 0) is 114 Å². The molecule has 2 aliphatic rings. The summed E-state index contributed by atoms with van der Waals surface area (Å²) in [4.78, 5) is 22.0. The number of halogens is 1. The Morgan fingerprint density at radius 1 is 1.12 bits per heavy atom. The lowest BCUT2D eigenvalue weighted by molar-refractivity contribution is 0.0754. The van der Waals surface area contributed by atoms with Gasteiger partial charge in [0.05, 0.1) is 29.2 Å². The lowest BCUT2D eigenvalue weighted by Gasteiger charge is -2.32. The first-order valence-electron chi connectivity index (χ1n) is 15.2. The van der Waals surface area contributed by atoms with E-state index in [-0.39, 0.29) is 18.0 Å². The fourth-order valence-electron chi connectivity index (χ4n) is 6.72. The third-order valence-corrected chi connectivity index (χ3v) is 9.95. The number of rotatable bonds is 8. The monoisotopic (exact) mass is 597 g/mol. The first kappa shape index (κ1) is 30.6. The Labute approximate surface area is 249 Å². The Balaban J connectivity index is 1.34. The largest absolute Gasteiger partial charge is 0.339 e. The molecular weight excluding hydrogens is 553 g/mol. The van der Waals surface area contributed by atoms with E-state index < -0.39 is 15.8 Å². The summed E-state index contributed by atoms with van der Waals surface area (Å²) in [6.07, 6.45) is 14.2. The second-order valence-corrected chi connectivity index (χ2v) is 14.3. The molecule has 8 nitrogen and oxygen atoms in total. The van der Waals surface area contributed by atoms with Crippen molar-refractivity contribution in [2.75, 3.05) is 32.9 Å². The number of nitrogens with zero attached hydrogens (tertiary/aromatic N) is 4. The highest BCUT2D eigenvalue weighted by Crippen LogP contribution is 2.37. The lowest BCUT2D eigenvalue weighted by atomic mass is 9.86. The molecule has 228 valence electrons. The molecule has 1 unspecified atom stereocenters. The average Bonchev–Trinajstić information content (AvgIpc) is 3.17. The van der Waals surface area contributed by atoms with E-state index in [1.807, 2.05) is 30.8 Å². The number of pyridine rings is 1. The highest BCUT2D eigenvalue weighted by Gasteiger charge is 2.28. The van der Waals surface area contributed by atoms with Crippen molar-refractivity contribution in [3.8, 4) is 5.69 Å². The molecule has 2 fully saturated rings. The van der Waals surface area contributed by atoms with Crippen molar-refractivity contribution in [3.05, 3.63) is 59.8 Å². The third-order valence-electron chi connectivity index (χ3n) is 9.19. The van der Waals surface area contributed by atoms with Crippen LogP contribution in [0.15, 0.2) is 42.9 Å². The Morgan fingerprint density at radius 2 is 1.88 bits per heavy atom. The van der Waals surface area contributed by atoms with E-state index in [1.54, 1.807) is 18.0 Å². The summed E-state index contributed by atoms with van der Waals surface area (Å²) in [5.74, 6) is 0.329. The number of sulfonamides is 1. The van der Waals surface area contributed by atoms with E-state index in [1.165, 1.54) is 24.0 Å². The van der Waals surface area contributed by atoms with Gasteiger partial charge < -0.3 is 14.4 Å². The summed E-state index contributed by atoms with van der Waals surface area (Å²) in [5.41, 5.74) is 3.17. The van der Waals surface area contributed by atoms with E-state index >= 15 is 0 Å². The molecule has 1 aromatic carbocycles. The number of hydrogen-bond acceptors (Lipinski definition) is 5. The van der Waals surface area contributed by atoms with Crippen LogP contribution in [0.3, 0.4) is 0 Å². The van der Waals surface area contributed by atoms with Crippen LogP contribution in [0, 0.1) is 11.7 Å². The van der Waals surface area contributed by atoms with Crippen molar-refractivity contribution in [1.29, 1.82) is 0 Å². The molecule has 3 aromatic rings. The van der Waals surface area contributed by atoms with Gasteiger partial charge in [0.1, 0.15) is 5.82 Å². The maximum atomic E-state index is 14.4. The van der Waals surface area contributed by atoms with Crippen molar-refractivity contribution >= 4 is 26.8 Å². The average molecular weight is 598 g/mol. The number of likely N-dealkylation sites (tertiary alicyclic amines) is 1. The van der Waals surface area contributed by atoms with E-state index in [0.29, 0.717) is 23.1 Å². The summed E-state index contributed by atoms with van der Waals surface area (Å²) < 4.78 is 42.4. The van der Waals surface area contributed by atoms with Gasteiger partial charge in [0.25, 0.3) is 5.91 Å². The minimum Gasteiger partial charge on any atom is -0.339 e. The van der Waals surface area contributed by atoms with Gasteiger partial charge in [0.15, 0.2) is 0 Å². The quantitative estimate of drug-likeness (QED) is 0.380. The van der Waals surface area contributed by atoms with Crippen LogP contribution in [0.1, 0.15) is 80.6 Å². The molecule has 42 heavy (non-hydrogen) atoms. The maximum absolute atomic E-state index is 14.4. The fraction of sp³-hybridized carbons (Fsp3) is 0.562. The molecule has 1 aliphatic carbocycles. The number of carbonyl (C=O) groups is 1. The molecule has 5 rings (SSSR count). The van der Waals surface area contributed by atoms with Crippen LogP contribution >= 0.6 is 0 Å². The molecule has 0 spiro atoms. The Hall–Kier alpha value is -2.82. The van der Waals surface area contributed by atoms with Crippen LogP contribution in [0.5, 0.6) is 0 Å². The predicted octanol–water partition coefficient (Wildman–Crippen LogP) is 5.32. The van der Waals surface area contributed by atoms with Gasteiger partial charge in [-0.2, -0.15) is 0 Å². The molecule has 1 atom stereocenters. The van der Waals surface area contributed by atoms with Crippen LogP contribution < -0.4 is 4.72 Å². The molecule has 0 bridgehead atoms. The first-order chi connectivity index (χ1) is 20.0. The molecule has 1 saturated heterocycles. The lowest BCUT2D eigenvalue weighted by Crippen LogP contribution is -2.39. The highest BCUT2D eigenvalue weighted by molar-refractivity contribution is 7.88. The van der Waals surface area contributed by atoms with E-state index in [4.69, 9.17) is 0 Å². The summed E-state index contributed by atoms with van der Waals surface area (Å²) >= 11 is 0. The van der Waals surface area contributed by atoms with E-state index in [0.717, 1.165) is 75.5 Å². The van der Waals surface area contributed by atoms with Crippen LogP contribution in [0.2, 0.25) is 0 Å². The number of amides is 1. The summed E-state index contributed by atoms with van der Waals surface area (Å²) in [6, 6.07) is 6.56. The highest BCUT2D eigenvalue weighted by atomic mass is 32.2. The van der Waals surface area contributed by atoms with Gasteiger partial charge in [-0.1, -0.05) is 0 Å². The SMILES string of the molecule is CC(C)N(C)C(=O)c1cc(F)ccc1-n1cc(C2CCCN(C[C@H]3CC[C@H](NS(C)(=O)=O)CC3)CC2)c2ccncc21. The molecule has 2 aromatic heterocycles. The van der Waals surface area contributed by atoms with Crippen LogP contribution in [-0.4, -0.2) is 78.7 Å². The molecule has 0 radical (unpaired) electrons. The zero-order chi connectivity index (χ0) is 30.0. The number of nitrogens with one attached hydrogen (secondary N) is 1. The van der Waals surface area contributed by atoms with Gasteiger partial charge in [0.2, 0.25) is 10.0 Å². The maximum Gasteiger partial charge on any atom is 0.256 e.